The Labute approximate surface area is 105 Å². The van der Waals surface area contributed by atoms with Crippen molar-refractivity contribution in [2.45, 2.75) is 20.8 Å². The molecule has 0 aliphatic carbocycles. The molecule has 88 valence electrons. The molecular formula is C13H20NPS. The smallest absolute Gasteiger partial charge is 0.0650 e. The van der Waals surface area contributed by atoms with Crippen LogP contribution in [0.25, 0.3) is 0 Å². The molecule has 1 aromatic rings. The third-order valence-electron chi connectivity index (χ3n) is 3.20. The molecule has 1 aromatic carbocycles. The molecule has 0 fully saturated rings. The van der Waals surface area contributed by atoms with E-state index in [0.29, 0.717) is 0 Å². The molecule has 0 atom stereocenters. The Balaban J connectivity index is 2.99. The number of hydrogen-bond acceptors (Lipinski definition) is 2. The second kappa shape index (κ2) is 6.32. The molecular weight excluding hydrogens is 233 g/mol. The minimum absolute atomic E-state index is 0.964. The average molecular weight is 253 g/mol. The highest BCUT2D eigenvalue weighted by atomic mass is 32.1. The topological polar surface area (TPSA) is 12.4 Å². The van der Waals surface area contributed by atoms with Gasteiger partial charge < -0.3 is 12.6 Å². The van der Waals surface area contributed by atoms with Gasteiger partial charge in [-0.1, -0.05) is 18.2 Å². The van der Waals surface area contributed by atoms with Crippen LogP contribution in [0.15, 0.2) is 35.3 Å². The molecule has 0 aliphatic heterocycles. The van der Waals surface area contributed by atoms with Crippen LogP contribution in [-0.4, -0.2) is 23.3 Å². The second-order valence-electron chi connectivity index (χ2n) is 3.82. The van der Waals surface area contributed by atoms with Crippen molar-refractivity contribution in [3.05, 3.63) is 30.3 Å². The van der Waals surface area contributed by atoms with Crippen LogP contribution in [0.3, 0.4) is 0 Å². The van der Waals surface area contributed by atoms with Crippen LogP contribution in [0.1, 0.15) is 20.8 Å². The Morgan fingerprint density at radius 2 is 1.56 bits per heavy atom. The van der Waals surface area contributed by atoms with Crippen molar-refractivity contribution in [3.8, 4) is 0 Å². The molecule has 16 heavy (non-hydrogen) atoms. The summed E-state index contributed by atoms with van der Waals surface area (Å²) in [7, 11) is -1.13. The maximum absolute atomic E-state index is 5.55. The van der Waals surface area contributed by atoms with Crippen LogP contribution in [-0.2, 0) is 12.6 Å². The summed E-state index contributed by atoms with van der Waals surface area (Å²) in [5, 5.41) is 0. The standard InChI is InChI=1S/C13H20NPS/c1-4-15(5-2,6-3)13(16)14-12-10-8-7-9-11-12/h7-11H,4-6H2,1-3H3. The van der Waals surface area contributed by atoms with Gasteiger partial charge in [-0.2, -0.15) is 0 Å². The molecule has 1 rings (SSSR count). The van der Waals surface area contributed by atoms with E-state index in [0.717, 1.165) is 10.5 Å². The van der Waals surface area contributed by atoms with Gasteiger partial charge in [-0.15, -0.1) is 0 Å². The van der Waals surface area contributed by atoms with Crippen LogP contribution in [0.5, 0.6) is 0 Å². The van der Waals surface area contributed by atoms with E-state index in [4.69, 9.17) is 12.6 Å². The van der Waals surface area contributed by atoms with Crippen molar-refractivity contribution >= 4 is 30.4 Å². The quantitative estimate of drug-likeness (QED) is 0.330. The summed E-state index contributed by atoms with van der Waals surface area (Å²) < 4.78 is 0. The van der Waals surface area contributed by atoms with Gasteiger partial charge in [-0.05, 0) is 32.9 Å². The summed E-state index contributed by atoms with van der Waals surface area (Å²) in [6.45, 7) is 6.73. The number of benzene rings is 1. The van der Waals surface area contributed by atoms with Gasteiger partial charge in [0.15, 0.2) is 0 Å². The van der Waals surface area contributed by atoms with Crippen LogP contribution in [0, 0.1) is 0 Å². The monoisotopic (exact) mass is 253 g/mol. The summed E-state index contributed by atoms with van der Waals surface area (Å²) in [5.74, 6) is 0. The minimum atomic E-state index is -1.13. The fraction of sp³-hybridized carbons (Fsp3) is 0.462. The Hall–Kier alpha value is -0.460. The molecule has 0 unspecified atom stereocenters. The van der Waals surface area contributed by atoms with E-state index in [1.807, 2.05) is 30.3 Å². The lowest BCUT2D eigenvalue weighted by atomic mass is 10.3. The third kappa shape index (κ3) is 3.02. The predicted octanol–water partition coefficient (Wildman–Crippen LogP) is 4.30. The van der Waals surface area contributed by atoms with Crippen molar-refractivity contribution in [1.82, 2.24) is 0 Å². The maximum Gasteiger partial charge on any atom is 0.0650 e. The zero-order valence-electron chi connectivity index (χ0n) is 10.3. The molecule has 0 aliphatic rings. The summed E-state index contributed by atoms with van der Waals surface area (Å²) in [4.78, 5) is 5.59. The van der Waals surface area contributed by atoms with Crippen LogP contribution in [0.4, 0.5) is 5.69 Å². The highest BCUT2D eigenvalue weighted by molar-refractivity contribution is 8.11. The third-order valence-corrected chi connectivity index (χ3v) is 9.00. The summed E-state index contributed by atoms with van der Waals surface area (Å²) >= 11 is 5.55. The van der Waals surface area contributed by atoms with Gasteiger partial charge in [-0.25, -0.2) is 4.99 Å². The molecule has 0 spiro atoms. The van der Waals surface area contributed by atoms with Crippen molar-refractivity contribution < 1.29 is 0 Å². The Kier molecular flexibility index (Phi) is 5.37. The van der Waals surface area contributed by atoms with E-state index >= 15 is 0 Å². The normalized spacial score (nSPS) is 12.8. The molecule has 0 saturated carbocycles. The molecule has 3 heteroatoms. The maximum atomic E-state index is 5.55. The predicted molar refractivity (Wildman–Crippen MR) is 79.4 cm³/mol. The molecule has 0 bridgehead atoms. The molecule has 0 heterocycles. The minimum Gasteiger partial charge on any atom is -0.721 e. The molecule has 0 saturated heterocycles. The van der Waals surface area contributed by atoms with Crippen LogP contribution >= 0.6 is 7.26 Å². The number of aliphatic imine (C=N–C) groups is 1. The Morgan fingerprint density at radius 1 is 1.06 bits per heavy atom. The first kappa shape index (κ1) is 13.6. The van der Waals surface area contributed by atoms with Gasteiger partial charge in [0.25, 0.3) is 0 Å². The highest BCUT2D eigenvalue weighted by Crippen LogP contribution is 2.59. The average Bonchev–Trinajstić information content (AvgIpc) is 2.33. The summed E-state index contributed by atoms with van der Waals surface area (Å²) in [6.07, 6.45) is 3.53. The zero-order chi connectivity index (χ0) is 12.0. The molecule has 1 nitrogen and oxygen atoms in total. The van der Waals surface area contributed by atoms with E-state index in [1.54, 1.807) is 0 Å². The van der Waals surface area contributed by atoms with Gasteiger partial charge in [0.05, 0.1) is 24.2 Å². The van der Waals surface area contributed by atoms with Crippen molar-refractivity contribution in [2.75, 3.05) is 18.5 Å². The number of rotatable bonds is 5. The van der Waals surface area contributed by atoms with Crippen molar-refractivity contribution in [1.29, 1.82) is 0 Å². The van der Waals surface area contributed by atoms with Gasteiger partial charge in [0.1, 0.15) is 0 Å². The largest absolute Gasteiger partial charge is 0.721 e. The van der Waals surface area contributed by atoms with Gasteiger partial charge >= 0.3 is 0 Å². The van der Waals surface area contributed by atoms with Gasteiger partial charge in [0, 0.05) is 12.0 Å². The fourth-order valence-corrected chi connectivity index (χ4v) is 5.54. The summed E-state index contributed by atoms with van der Waals surface area (Å²) in [5.41, 5.74) is 0.993. The molecule has 0 radical (unpaired) electrons. The van der Waals surface area contributed by atoms with E-state index in [1.165, 1.54) is 18.5 Å². The number of hydrogen-bond donors (Lipinski definition) is 0. The Bertz CT molecular complexity index is 336. The van der Waals surface area contributed by atoms with Crippen LogP contribution < -0.4 is 0 Å². The van der Waals surface area contributed by atoms with E-state index in [9.17, 15) is 0 Å². The molecule has 0 amide bonds. The van der Waals surface area contributed by atoms with E-state index in [2.05, 4.69) is 25.8 Å². The highest BCUT2D eigenvalue weighted by Gasteiger charge is 2.30. The van der Waals surface area contributed by atoms with Gasteiger partial charge in [-0.3, -0.25) is 0 Å². The van der Waals surface area contributed by atoms with Crippen molar-refractivity contribution in [2.24, 2.45) is 4.99 Å². The SMILES string of the molecule is CC[P+](CC)(CC)C([S-])=Nc1ccccc1. The van der Waals surface area contributed by atoms with E-state index < -0.39 is 7.26 Å². The van der Waals surface area contributed by atoms with E-state index in [-0.39, 0.29) is 0 Å². The summed E-state index contributed by atoms with van der Waals surface area (Å²) in [6, 6.07) is 10.0. The lowest BCUT2D eigenvalue weighted by molar-refractivity contribution is 1.33. The van der Waals surface area contributed by atoms with Crippen molar-refractivity contribution in [3.63, 3.8) is 0 Å². The lowest BCUT2D eigenvalue weighted by Gasteiger charge is -2.28. The molecule has 0 N–H and O–H groups in total. The fourth-order valence-electron chi connectivity index (χ4n) is 1.80. The first-order valence-electron chi connectivity index (χ1n) is 5.86. The Morgan fingerprint density at radius 3 is 2.00 bits per heavy atom. The van der Waals surface area contributed by atoms with Crippen LogP contribution in [0.2, 0.25) is 0 Å². The number of para-hydroxylation sites is 1. The molecule has 0 aromatic heterocycles. The van der Waals surface area contributed by atoms with Gasteiger partial charge in [0.2, 0.25) is 0 Å². The zero-order valence-corrected chi connectivity index (χ0v) is 12.0. The second-order valence-corrected chi connectivity index (χ2v) is 9.12. The number of nitrogens with zero attached hydrogens (tertiary/aromatic N) is 1. The first-order valence-corrected chi connectivity index (χ1v) is 8.61. The first-order chi connectivity index (χ1) is 7.68. The lowest BCUT2D eigenvalue weighted by Crippen LogP contribution is -2.11.